The van der Waals surface area contributed by atoms with E-state index in [1.54, 1.807) is 4.90 Å². The van der Waals surface area contributed by atoms with Crippen LogP contribution in [-0.2, 0) is 16.0 Å². The minimum Gasteiger partial charge on any atom is -0.507 e. The predicted molar refractivity (Wildman–Crippen MR) is 145 cm³/mol. The number of ketones is 1. The fraction of sp³-hybridized carbons (Fsp3) is 0.214. The molecule has 1 unspecified atom stereocenters. The zero-order valence-corrected chi connectivity index (χ0v) is 22.1. The van der Waals surface area contributed by atoms with Crippen molar-refractivity contribution in [3.05, 3.63) is 86.2 Å². The third kappa shape index (κ3) is 4.26. The van der Waals surface area contributed by atoms with E-state index in [-0.39, 0.29) is 27.7 Å². The van der Waals surface area contributed by atoms with Crippen molar-refractivity contribution in [3.63, 3.8) is 0 Å². The number of ether oxygens (including phenoxy) is 2. The number of aryl methyl sites for hydroxylation is 1. The molecule has 1 fully saturated rings. The Morgan fingerprint density at radius 2 is 1.89 bits per heavy atom. The third-order valence-corrected chi connectivity index (χ3v) is 8.08. The lowest BCUT2D eigenvalue weighted by molar-refractivity contribution is -0.139. The van der Waals surface area contributed by atoms with Crippen LogP contribution in [0.15, 0.2) is 59.6 Å². The number of fused-ring (bicyclic) bond motifs is 1. The molecular weight excluding hydrogens is 512 g/mol. The highest BCUT2D eigenvalue weighted by Gasteiger charge is 2.47. The number of rotatable bonds is 7. The quantitative estimate of drug-likeness (QED) is 0.175. The van der Waals surface area contributed by atoms with Gasteiger partial charge in [0.1, 0.15) is 17.3 Å². The molecular formula is C28H25ClN2O5S. The number of aromatic amines is 1. The summed E-state index contributed by atoms with van der Waals surface area (Å²) < 4.78 is 10.7. The minimum atomic E-state index is -0.747. The molecule has 1 atom stereocenters. The number of amides is 1. The number of nitrogens with one attached hydrogen (secondary N) is 1. The van der Waals surface area contributed by atoms with Crippen LogP contribution in [0.5, 0.6) is 11.5 Å². The molecule has 2 aromatic carbocycles. The summed E-state index contributed by atoms with van der Waals surface area (Å²) in [5.74, 6) is -1.11. The van der Waals surface area contributed by atoms with Crippen LogP contribution >= 0.6 is 22.9 Å². The number of halogens is 1. The van der Waals surface area contributed by atoms with Crippen LogP contribution in [0, 0.1) is 6.92 Å². The maximum atomic E-state index is 13.4. The number of hydrogen-bond acceptors (Lipinski definition) is 6. The zero-order valence-electron chi connectivity index (χ0n) is 20.5. The van der Waals surface area contributed by atoms with Gasteiger partial charge in [0.05, 0.1) is 36.4 Å². The molecule has 7 nitrogen and oxygen atoms in total. The van der Waals surface area contributed by atoms with Crippen LogP contribution in [0.4, 0.5) is 0 Å². The topological polar surface area (TPSA) is 91.9 Å². The van der Waals surface area contributed by atoms with Crippen molar-refractivity contribution in [3.8, 4) is 11.5 Å². The Labute approximate surface area is 222 Å². The van der Waals surface area contributed by atoms with E-state index in [1.807, 2.05) is 48.8 Å². The number of carbonyl (C=O) groups excluding carboxylic acids is 2. The lowest BCUT2D eigenvalue weighted by Crippen LogP contribution is -2.31. The Hall–Kier alpha value is -3.75. The van der Waals surface area contributed by atoms with Crippen molar-refractivity contribution in [2.75, 3.05) is 20.8 Å². The zero-order chi connectivity index (χ0) is 26.3. The summed E-state index contributed by atoms with van der Waals surface area (Å²) in [6.07, 6.45) is 2.46. The molecule has 0 spiro atoms. The number of H-pyrrole nitrogens is 1. The standard InChI is InChI=1S/C28H25ClN2O5S/c1-15-9-11-37-27(15)24-23(25(32)18-12-19(29)22(36-3)13-21(18)35-2)26(33)28(34)31(24)10-8-16-14-30-20-7-5-4-6-17(16)20/h4-7,9,11-14,24,30,32H,8,10H2,1-3H3/b25-23-. The highest BCUT2D eigenvalue weighted by atomic mass is 35.5. The first-order valence-corrected chi connectivity index (χ1v) is 12.9. The highest BCUT2D eigenvalue weighted by molar-refractivity contribution is 7.10. The van der Waals surface area contributed by atoms with Gasteiger partial charge in [0.25, 0.3) is 11.7 Å². The summed E-state index contributed by atoms with van der Waals surface area (Å²) >= 11 is 7.78. The molecule has 9 heteroatoms. The van der Waals surface area contributed by atoms with Crippen molar-refractivity contribution >= 4 is 51.3 Å². The molecule has 1 aliphatic heterocycles. The SMILES string of the molecule is COc1cc(OC)c(/C(O)=C2/C(=O)C(=O)N(CCc3c[nH]c4ccccc34)C2c2sccc2C)cc1Cl. The Kier molecular flexibility index (Phi) is 6.70. The van der Waals surface area contributed by atoms with Gasteiger partial charge in [0.2, 0.25) is 0 Å². The molecule has 4 aromatic rings. The van der Waals surface area contributed by atoms with Crippen LogP contribution in [0.2, 0.25) is 5.02 Å². The molecule has 0 aliphatic carbocycles. The van der Waals surface area contributed by atoms with Crippen LogP contribution < -0.4 is 9.47 Å². The van der Waals surface area contributed by atoms with Crippen LogP contribution in [0.3, 0.4) is 0 Å². The maximum absolute atomic E-state index is 13.4. The van der Waals surface area contributed by atoms with Crippen molar-refractivity contribution in [1.82, 2.24) is 9.88 Å². The van der Waals surface area contributed by atoms with E-state index < -0.39 is 17.7 Å². The lowest BCUT2D eigenvalue weighted by atomic mass is 9.97. The molecule has 2 aromatic heterocycles. The van der Waals surface area contributed by atoms with Gasteiger partial charge in [-0.1, -0.05) is 29.8 Å². The van der Waals surface area contributed by atoms with E-state index in [4.69, 9.17) is 21.1 Å². The molecule has 1 amide bonds. The van der Waals surface area contributed by atoms with E-state index in [0.29, 0.717) is 18.7 Å². The molecule has 190 valence electrons. The van der Waals surface area contributed by atoms with Crippen molar-refractivity contribution in [2.45, 2.75) is 19.4 Å². The predicted octanol–water partition coefficient (Wildman–Crippen LogP) is 5.87. The van der Waals surface area contributed by atoms with E-state index in [0.717, 1.165) is 26.9 Å². The number of thiophene rings is 1. The number of benzene rings is 2. The maximum Gasteiger partial charge on any atom is 0.295 e. The fourth-order valence-corrected chi connectivity index (χ4v) is 6.10. The fourth-order valence-electron chi connectivity index (χ4n) is 4.82. The number of hydrogen-bond donors (Lipinski definition) is 2. The molecule has 0 saturated carbocycles. The minimum absolute atomic E-state index is 0.00834. The Balaban J connectivity index is 1.60. The number of para-hydroxylation sites is 1. The summed E-state index contributed by atoms with van der Waals surface area (Å²) in [5, 5.41) is 14.7. The number of Topliss-reactive ketones (excluding diaryl/α,β-unsaturated/α-hetero) is 1. The Morgan fingerprint density at radius 3 is 2.59 bits per heavy atom. The van der Waals surface area contributed by atoms with Crippen molar-refractivity contribution < 1.29 is 24.2 Å². The highest BCUT2D eigenvalue weighted by Crippen LogP contribution is 2.45. The van der Waals surface area contributed by atoms with Gasteiger partial charge in [-0.2, -0.15) is 0 Å². The average Bonchev–Trinajstić information content (AvgIpc) is 3.58. The van der Waals surface area contributed by atoms with E-state index in [2.05, 4.69) is 4.98 Å². The van der Waals surface area contributed by atoms with E-state index in [9.17, 15) is 14.7 Å². The normalized spacial score (nSPS) is 17.1. The van der Waals surface area contributed by atoms with Gasteiger partial charge in [-0.25, -0.2) is 0 Å². The second-order valence-electron chi connectivity index (χ2n) is 8.76. The van der Waals surface area contributed by atoms with E-state index in [1.165, 1.54) is 37.7 Å². The van der Waals surface area contributed by atoms with Gasteiger partial charge in [-0.15, -0.1) is 11.3 Å². The summed E-state index contributed by atoms with van der Waals surface area (Å²) in [4.78, 5) is 32.4. The largest absolute Gasteiger partial charge is 0.507 e. The first-order valence-electron chi connectivity index (χ1n) is 11.6. The third-order valence-electron chi connectivity index (χ3n) is 6.72. The van der Waals surface area contributed by atoms with Gasteiger partial charge in [0.15, 0.2) is 0 Å². The number of methoxy groups -OCH3 is 2. The molecule has 1 saturated heterocycles. The second kappa shape index (κ2) is 9.95. The molecule has 37 heavy (non-hydrogen) atoms. The van der Waals surface area contributed by atoms with Gasteiger partial charge in [-0.05, 0) is 48.1 Å². The molecule has 0 radical (unpaired) electrons. The first kappa shape index (κ1) is 24.9. The van der Waals surface area contributed by atoms with Crippen molar-refractivity contribution in [2.24, 2.45) is 0 Å². The molecule has 0 bridgehead atoms. The van der Waals surface area contributed by atoms with Gasteiger partial charge in [0, 0.05) is 34.6 Å². The number of carbonyl (C=O) groups is 2. The number of aromatic nitrogens is 1. The molecule has 3 heterocycles. The molecule has 1 aliphatic rings. The Bertz CT molecular complexity index is 1550. The lowest BCUT2D eigenvalue weighted by Gasteiger charge is -2.25. The second-order valence-corrected chi connectivity index (χ2v) is 10.1. The van der Waals surface area contributed by atoms with Crippen LogP contribution in [-0.4, -0.2) is 47.4 Å². The smallest absolute Gasteiger partial charge is 0.295 e. The van der Waals surface area contributed by atoms with Crippen LogP contribution in [0.1, 0.15) is 27.6 Å². The molecule has 2 N–H and O–H groups in total. The monoisotopic (exact) mass is 536 g/mol. The van der Waals surface area contributed by atoms with Crippen LogP contribution in [0.25, 0.3) is 16.7 Å². The Morgan fingerprint density at radius 1 is 1.14 bits per heavy atom. The summed E-state index contributed by atoms with van der Waals surface area (Å²) in [5.41, 5.74) is 3.20. The average molecular weight is 537 g/mol. The molecule has 5 rings (SSSR count). The number of nitrogens with zero attached hydrogens (tertiary/aromatic N) is 1. The first-order chi connectivity index (χ1) is 17.8. The van der Waals surface area contributed by atoms with Gasteiger partial charge >= 0.3 is 0 Å². The van der Waals surface area contributed by atoms with Crippen molar-refractivity contribution in [1.29, 1.82) is 0 Å². The van der Waals surface area contributed by atoms with Gasteiger partial charge in [-0.3, -0.25) is 9.59 Å². The number of aliphatic hydroxyl groups is 1. The summed E-state index contributed by atoms with van der Waals surface area (Å²) in [7, 11) is 2.92. The number of aliphatic hydroxyl groups excluding tert-OH is 1. The number of likely N-dealkylation sites (tertiary alicyclic amines) is 1. The van der Waals surface area contributed by atoms with E-state index >= 15 is 0 Å². The summed E-state index contributed by atoms with van der Waals surface area (Å²) in [6, 6.07) is 12.2. The van der Waals surface area contributed by atoms with Gasteiger partial charge < -0.3 is 24.5 Å². The summed E-state index contributed by atoms with van der Waals surface area (Å²) in [6.45, 7) is 2.22.